The van der Waals surface area contributed by atoms with Crippen LogP contribution in [0.25, 0.3) is 10.8 Å². The Kier molecular flexibility index (Phi) is 3.08. The maximum absolute atomic E-state index is 11.9. The molecule has 1 aliphatic carbocycles. The molecule has 2 nitrogen and oxygen atoms in total. The summed E-state index contributed by atoms with van der Waals surface area (Å²) in [4.78, 5) is 11.9. The summed E-state index contributed by atoms with van der Waals surface area (Å²) in [5, 5.41) is 5.23. The number of fused-ring (bicyclic) bond motifs is 1. The van der Waals surface area contributed by atoms with E-state index in [-0.39, 0.29) is 5.91 Å². The summed E-state index contributed by atoms with van der Waals surface area (Å²) in [6.07, 6.45) is 3.06. The van der Waals surface area contributed by atoms with Crippen LogP contribution in [0.5, 0.6) is 0 Å². The lowest BCUT2D eigenvalue weighted by Crippen LogP contribution is -2.12. The summed E-state index contributed by atoms with van der Waals surface area (Å²) < 4.78 is 1.05. The van der Waals surface area contributed by atoms with Gasteiger partial charge in [-0.1, -0.05) is 40.2 Å². The number of carbonyl (C=O) groups excluding carboxylic acids is 1. The molecule has 1 fully saturated rings. The lowest BCUT2D eigenvalue weighted by atomic mass is 10.1. The molecular formula is C15H14BrNO. The molecule has 1 amide bonds. The van der Waals surface area contributed by atoms with E-state index in [4.69, 9.17) is 0 Å². The van der Waals surface area contributed by atoms with Crippen molar-refractivity contribution in [1.82, 2.24) is 0 Å². The van der Waals surface area contributed by atoms with E-state index in [9.17, 15) is 4.79 Å². The number of benzene rings is 2. The number of hydrogen-bond donors (Lipinski definition) is 1. The van der Waals surface area contributed by atoms with Crippen molar-refractivity contribution in [2.24, 2.45) is 5.92 Å². The van der Waals surface area contributed by atoms with Gasteiger partial charge in [0, 0.05) is 22.0 Å². The van der Waals surface area contributed by atoms with Crippen LogP contribution in [0.2, 0.25) is 0 Å². The van der Waals surface area contributed by atoms with Crippen LogP contribution in [0.4, 0.5) is 5.69 Å². The monoisotopic (exact) mass is 303 g/mol. The summed E-state index contributed by atoms with van der Waals surface area (Å²) in [7, 11) is 0. The average Bonchev–Trinajstić information content (AvgIpc) is 3.17. The summed E-state index contributed by atoms with van der Waals surface area (Å²) >= 11 is 3.53. The standard InChI is InChI=1S/C15H14BrNO/c16-13-7-8-14(12-4-2-1-3-11(12)13)17-15(18)9-10-5-6-10/h1-4,7-8,10H,5-6,9H2,(H,17,18). The molecule has 0 bridgehead atoms. The molecule has 0 atom stereocenters. The van der Waals surface area contributed by atoms with E-state index in [2.05, 4.69) is 27.3 Å². The summed E-state index contributed by atoms with van der Waals surface area (Å²) in [5.41, 5.74) is 0.902. The number of nitrogens with one attached hydrogen (secondary N) is 1. The second-order valence-electron chi connectivity index (χ2n) is 4.84. The van der Waals surface area contributed by atoms with E-state index in [1.807, 2.05) is 30.3 Å². The minimum Gasteiger partial charge on any atom is -0.326 e. The molecule has 0 aromatic heterocycles. The van der Waals surface area contributed by atoms with Gasteiger partial charge in [0.05, 0.1) is 0 Å². The number of amides is 1. The Bertz CT molecular complexity index is 604. The molecule has 0 saturated heterocycles. The highest BCUT2D eigenvalue weighted by Crippen LogP contribution is 2.34. The maximum atomic E-state index is 11.9. The van der Waals surface area contributed by atoms with Crippen LogP contribution >= 0.6 is 15.9 Å². The Hall–Kier alpha value is -1.35. The third-order valence-corrected chi connectivity index (χ3v) is 4.01. The second kappa shape index (κ2) is 4.73. The van der Waals surface area contributed by atoms with E-state index in [1.165, 1.54) is 12.8 Å². The predicted octanol–water partition coefficient (Wildman–Crippen LogP) is 4.34. The van der Waals surface area contributed by atoms with Gasteiger partial charge in [0.2, 0.25) is 5.91 Å². The number of anilines is 1. The molecule has 0 spiro atoms. The molecule has 18 heavy (non-hydrogen) atoms. The van der Waals surface area contributed by atoms with Gasteiger partial charge in [-0.2, -0.15) is 0 Å². The summed E-state index contributed by atoms with van der Waals surface area (Å²) in [6, 6.07) is 12.0. The molecule has 2 aromatic carbocycles. The first kappa shape index (κ1) is 11.7. The number of halogens is 1. The fourth-order valence-corrected chi connectivity index (χ4v) is 2.63. The van der Waals surface area contributed by atoms with E-state index in [0.29, 0.717) is 12.3 Å². The first-order valence-corrected chi connectivity index (χ1v) is 7.00. The molecule has 1 N–H and O–H groups in total. The van der Waals surface area contributed by atoms with Crippen molar-refractivity contribution in [3.05, 3.63) is 40.9 Å². The third kappa shape index (κ3) is 2.41. The summed E-state index contributed by atoms with van der Waals surface area (Å²) in [5.74, 6) is 0.747. The van der Waals surface area contributed by atoms with Crippen LogP contribution < -0.4 is 5.32 Å². The Balaban J connectivity index is 1.91. The van der Waals surface area contributed by atoms with Crippen LogP contribution in [0.3, 0.4) is 0 Å². The van der Waals surface area contributed by atoms with Crippen molar-refractivity contribution in [3.8, 4) is 0 Å². The highest BCUT2D eigenvalue weighted by Gasteiger charge is 2.24. The Morgan fingerprint density at radius 2 is 1.89 bits per heavy atom. The minimum atomic E-state index is 0.130. The van der Waals surface area contributed by atoms with Gasteiger partial charge in [0.25, 0.3) is 0 Å². The zero-order chi connectivity index (χ0) is 12.5. The van der Waals surface area contributed by atoms with Crippen molar-refractivity contribution in [1.29, 1.82) is 0 Å². The lowest BCUT2D eigenvalue weighted by molar-refractivity contribution is -0.116. The van der Waals surface area contributed by atoms with Crippen LogP contribution in [0, 0.1) is 5.92 Å². The third-order valence-electron chi connectivity index (χ3n) is 3.32. The van der Waals surface area contributed by atoms with Gasteiger partial charge in [0.15, 0.2) is 0 Å². The molecule has 0 radical (unpaired) electrons. The molecule has 1 aliphatic rings. The van der Waals surface area contributed by atoms with Crippen LogP contribution in [-0.2, 0) is 4.79 Å². The topological polar surface area (TPSA) is 29.1 Å². The largest absolute Gasteiger partial charge is 0.326 e. The Morgan fingerprint density at radius 1 is 1.17 bits per heavy atom. The zero-order valence-electron chi connectivity index (χ0n) is 9.95. The van der Waals surface area contributed by atoms with Gasteiger partial charge in [0.1, 0.15) is 0 Å². The van der Waals surface area contributed by atoms with Gasteiger partial charge in [-0.25, -0.2) is 0 Å². The van der Waals surface area contributed by atoms with Crippen molar-refractivity contribution in [3.63, 3.8) is 0 Å². The number of hydrogen-bond acceptors (Lipinski definition) is 1. The summed E-state index contributed by atoms with van der Waals surface area (Å²) in [6.45, 7) is 0. The van der Waals surface area contributed by atoms with Crippen molar-refractivity contribution in [2.45, 2.75) is 19.3 Å². The van der Waals surface area contributed by atoms with Crippen LogP contribution in [0.15, 0.2) is 40.9 Å². The van der Waals surface area contributed by atoms with E-state index in [0.717, 1.165) is 20.9 Å². The lowest BCUT2D eigenvalue weighted by Gasteiger charge is -2.09. The van der Waals surface area contributed by atoms with Crippen molar-refractivity contribution < 1.29 is 4.79 Å². The van der Waals surface area contributed by atoms with Gasteiger partial charge in [-0.3, -0.25) is 4.79 Å². The van der Waals surface area contributed by atoms with Crippen LogP contribution in [0.1, 0.15) is 19.3 Å². The Morgan fingerprint density at radius 3 is 2.61 bits per heavy atom. The smallest absolute Gasteiger partial charge is 0.224 e. The Labute approximate surface area is 115 Å². The second-order valence-corrected chi connectivity index (χ2v) is 5.69. The fraction of sp³-hybridized carbons (Fsp3) is 0.267. The quantitative estimate of drug-likeness (QED) is 0.898. The molecule has 3 heteroatoms. The molecule has 3 rings (SSSR count). The first-order valence-electron chi connectivity index (χ1n) is 6.21. The van der Waals surface area contributed by atoms with E-state index in [1.54, 1.807) is 0 Å². The van der Waals surface area contributed by atoms with Gasteiger partial charge in [-0.05, 0) is 36.3 Å². The molecule has 0 heterocycles. The van der Waals surface area contributed by atoms with Gasteiger partial charge >= 0.3 is 0 Å². The molecule has 1 saturated carbocycles. The SMILES string of the molecule is O=C(CC1CC1)Nc1ccc(Br)c2ccccc12. The van der Waals surface area contributed by atoms with Crippen LogP contribution in [-0.4, -0.2) is 5.91 Å². The van der Waals surface area contributed by atoms with E-state index < -0.39 is 0 Å². The average molecular weight is 304 g/mol. The highest BCUT2D eigenvalue weighted by atomic mass is 79.9. The van der Waals surface area contributed by atoms with Gasteiger partial charge < -0.3 is 5.32 Å². The first-order chi connectivity index (χ1) is 8.74. The van der Waals surface area contributed by atoms with Crippen molar-refractivity contribution >= 4 is 38.3 Å². The van der Waals surface area contributed by atoms with Gasteiger partial charge in [-0.15, -0.1) is 0 Å². The molecule has 2 aromatic rings. The van der Waals surface area contributed by atoms with E-state index >= 15 is 0 Å². The molecule has 92 valence electrons. The fourth-order valence-electron chi connectivity index (χ4n) is 2.16. The number of carbonyl (C=O) groups is 1. The van der Waals surface area contributed by atoms with Crippen molar-refractivity contribution in [2.75, 3.05) is 5.32 Å². The predicted molar refractivity (Wildman–Crippen MR) is 77.6 cm³/mol. The molecule has 0 aliphatic heterocycles. The zero-order valence-corrected chi connectivity index (χ0v) is 11.5. The minimum absolute atomic E-state index is 0.130. The molecule has 0 unspecified atom stereocenters. The maximum Gasteiger partial charge on any atom is 0.224 e. The number of rotatable bonds is 3. The highest BCUT2D eigenvalue weighted by molar-refractivity contribution is 9.10. The molecular weight excluding hydrogens is 290 g/mol. The normalized spacial score (nSPS) is 14.7.